The largest absolute Gasteiger partial charge is 0.302 e. The highest BCUT2D eigenvalue weighted by atomic mass is 32.2. The lowest BCUT2D eigenvalue weighted by atomic mass is 10.2. The summed E-state index contributed by atoms with van der Waals surface area (Å²) in [5.74, 6) is 1.72. The van der Waals surface area contributed by atoms with Crippen molar-refractivity contribution in [3.05, 3.63) is 0 Å². The minimum absolute atomic E-state index is 0.613. The molecular weight excluding hydrogens is 146 g/mol. The van der Waals surface area contributed by atoms with Gasteiger partial charge in [-0.1, -0.05) is 13.8 Å². The van der Waals surface area contributed by atoms with Crippen LogP contribution in [0.2, 0.25) is 0 Å². The Labute approximate surface area is 67.7 Å². The topological polar surface area (TPSA) is 21.3 Å². The Morgan fingerprint density at radius 3 is 2.70 bits per heavy atom. The molecule has 0 radical (unpaired) electrons. The van der Waals surface area contributed by atoms with Gasteiger partial charge in [0.25, 0.3) is 0 Å². The zero-order valence-electron chi connectivity index (χ0n) is 7.02. The van der Waals surface area contributed by atoms with E-state index < -0.39 is 0 Å². The summed E-state index contributed by atoms with van der Waals surface area (Å²) in [4.78, 5) is 5.13. The second kappa shape index (κ2) is 7.38. The van der Waals surface area contributed by atoms with Gasteiger partial charge in [0, 0.05) is 12.3 Å². The monoisotopic (exact) mass is 163 g/mol. The van der Waals surface area contributed by atoms with Crippen LogP contribution in [0.1, 0.15) is 13.8 Å². The molecule has 62 valence electrons. The molecule has 1 N–H and O–H groups in total. The maximum absolute atomic E-state index is 5.13. The van der Waals surface area contributed by atoms with Crippen molar-refractivity contribution >= 4 is 11.8 Å². The number of hydrogen-bond donors (Lipinski definition) is 1. The first kappa shape index (κ1) is 10.3. The van der Waals surface area contributed by atoms with Gasteiger partial charge in [0.1, 0.15) is 0 Å². The predicted octanol–water partition coefficient (Wildman–Crippen LogP) is 1.53. The van der Waals surface area contributed by atoms with Gasteiger partial charge in [0.2, 0.25) is 0 Å². The number of hydrogen-bond acceptors (Lipinski definition) is 3. The Morgan fingerprint density at radius 1 is 1.50 bits per heavy atom. The van der Waals surface area contributed by atoms with E-state index in [-0.39, 0.29) is 0 Å². The van der Waals surface area contributed by atoms with Crippen LogP contribution < -0.4 is 5.48 Å². The summed E-state index contributed by atoms with van der Waals surface area (Å²) in [5.41, 5.74) is 2.90. The Hall–Kier alpha value is 0.270. The van der Waals surface area contributed by atoms with Gasteiger partial charge in [-0.2, -0.15) is 11.8 Å². The Kier molecular flexibility index (Phi) is 7.58. The average Bonchev–Trinajstić information content (AvgIpc) is 1.87. The molecule has 0 amide bonds. The van der Waals surface area contributed by atoms with Gasteiger partial charge in [-0.05, 0) is 12.2 Å². The molecule has 0 aromatic heterocycles. The molecular formula is C7H17NOS. The summed E-state index contributed by atoms with van der Waals surface area (Å²) < 4.78 is 0. The number of hydroxylamine groups is 1. The van der Waals surface area contributed by atoms with Crippen molar-refractivity contribution in [2.45, 2.75) is 13.8 Å². The molecule has 0 saturated carbocycles. The lowest BCUT2D eigenvalue weighted by molar-refractivity contribution is 0.0277. The number of thioether (sulfide) groups is 1. The van der Waals surface area contributed by atoms with Gasteiger partial charge in [-0.3, -0.25) is 0 Å². The molecule has 0 aliphatic rings. The molecule has 0 unspecified atom stereocenters. The van der Waals surface area contributed by atoms with Crippen LogP contribution in [0.25, 0.3) is 0 Å². The Morgan fingerprint density at radius 2 is 2.20 bits per heavy atom. The molecule has 0 bridgehead atoms. The highest BCUT2D eigenvalue weighted by molar-refractivity contribution is 7.98. The summed E-state index contributed by atoms with van der Waals surface area (Å²) in [6.45, 7) is 6.01. The van der Waals surface area contributed by atoms with Crippen LogP contribution in [0.15, 0.2) is 0 Å². The fourth-order valence-electron chi connectivity index (χ4n) is 0.441. The molecule has 10 heavy (non-hydrogen) atoms. The van der Waals surface area contributed by atoms with E-state index in [4.69, 9.17) is 4.84 Å². The first-order chi connectivity index (χ1) is 4.77. The third-order valence-corrected chi connectivity index (χ3v) is 1.54. The first-order valence-corrected chi connectivity index (χ1v) is 5.00. The molecule has 0 heterocycles. The zero-order chi connectivity index (χ0) is 7.82. The van der Waals surface area contributed by atoms with Gasteiger partial charge in [0.05, 0.1) is 6.61 Å². The number of rotatable bonds is 6. The third kappa shape index (κ3) is 8.27. The zero-order valence-corrected chi connectivity index (χ0v) is 7.83. The van der Waals surface area contributed by atoms with E-state index in [0.717, 1.165) is 18.9 Å². The molecule has 0 aromatic carbocycles. The first-order valence-electron chi connectivity index (χ1n) is 3.61. The van der Waals surface area contributed by atoms with E-state index in [1.807, 2.05) is 11.8 Å². The van der Waals surface area contributed by atoms with E-state index in [9.17, 15) is 0 Å². The number of nitrogens with one attached hydrogen (secondary N) is 1. The second-order valence-corrected chi connectivity index (χ2v) is 3.58. The van der Waals surface area contributed by atoms with Gasteiger partial charge in [-0.15, -0.1) is 0 Å². The van der Waals surface area contributed by atoms with Gasteiger partial charge in [-0.25, -0.2) is 5.48 Å². The van der Waals surface area contributed by atoms with Crippen LogP contribution in [0.3, 0.4) is 0 Å². The Balaban J connectivity index is 2.77. The van der Waals surface area contributed by atoms with Gasteiger partial charge < -0.3 is 4.84 Å². The summed E-state index contributed by atoms with van der Waals surface area (Å²) in [7, 11) is 0. The van der Waals surface area contributed by atoms with Crippen LogP contribution in [-0.4, -0.2) is 25.2 Å². The lowest BCUT2D eigenvalue weighted by Gasteiger charge is -2.06. The highest BCUT2D eigenvalue weighted by Gasteiger charge is 1.91. The minimum Gasteiger partial charge on any atom is -0.302 e. The van der Waals surface area contributed by atoms with E-state index >= 15 is 0 Å². The molecule has 0 aliphatic carbocycles. The molecule has 0 aliphatic heterocycles. The van der Waals surface area contributed by atoms with E-state index in [1.54, 1.807) is 0 Å². The van der Waals surface area contributed by atoms with Crippen molar-refractivity contribution < 1.29 is 4.84 Å². The summed E-state index contributed by atoms with van der Waals surface area (Å²) in [6.07, 6.45) is 2.09. The van der Waals surface area contributed by atoms with E-state index in [1.165, 1.54) is 0 Å². The molecule has 0 spiro atoms. The van der Waals surface area contributed by atoms with Crippen LogP contribution >= 0.6 is 11.8 Å². The van der Waals surface area contributed by atoms with Crippen molar-refractivity contribution in [3.8, 4) is 0 Å². The molecule has 0 atom stereocenters. The molecule has 2 nitrogen and oxygen atoms in total. The fourth-order valence-corrected chi connectivity index (χ4v) is 0.729. The quantitative estimate of drug-likeness (QED) is 0.474. The maximum atomic E-state index is 5.13. The van der Waals surface area contributed by atoms with Crippen LogP contribution in [0.4, 0.5) is 0 Å². The van der Waals surface area contributed by atoms with Crippen molar-refractivity contribution in [3.63, 3.8) is 0 Å². The van der Waals surface area contributed by atoms with Gasteiger partial charge in [0.15, 0.2) is 0 Å². The third-order valence-electron chi connectivity index (χ3n) is 0.927. The predicted molar refractivity (Wildman–Crippen MR) is 47.2 cm³/mol. The van der Waals surface area contributed by atoms with Crippen molar-refractivity contribution in [2.24, 2.45) is 5.92 Å². The van der Waals surface area contributed by atoms with Gasteiger partial charge >= 0.3 is 0 Å². The van der Waals surface area contributed by atoms with E-state index in [0.29, 0.717) is 5.92 Å². The fraction of sp³-hybridized carbons (Fsp3) is 1.00. The molecule has 0 rings (SSSR count). The van der Waals surface area contributed by atoms with Crippen molar-refractivity contribution in [1.82, 2.24) is 5.48 Å². The standard InChI is InChI=1S/C7H17NOS/c1-7(2)6-9-8-4-5-10-3/h7-8H,4-6H2,1-3H3. The molecule has 0 fully saturated rings. The van der Waals surface area contributed by atoms with Crippen LogP contribution in [-0.2, 0) is 4.84 Å². The minimum atomic E-state index is 0.613. The molecule has 0 saturated heterocycles. The average molecular weight is 163 g/mol. The smallest absolute Gasteiger partial charge is 0.0705 e. The SMILES string of the molecule is CSCCNOCC(C)C. The van der Waals surface area contributed by atoms with Crippen LogP contribution in [0, 0.1) is 5.92 Å². The summed E-state index contributed by atoms with van der Waals surface area (Å²) in [5, 5.41) is 0. The molecule has 3 heteroatoms. The van der Waals surface area contributed by atoms with E-state index in [2.05, 4.69) is 25.6 Å². The Bertz CT molecular complexity index is 68.6. The van der Waals surface area contributed by atoms with Crippen molar-refractivity contribution in [2.75, 3.05) is 25.2 Å². The normalized spacial score (nSPS) is 10.8. The van der Waals surface area contributed by atoms with Crippen molar-refractivity contribution in [1.29, 1.82) is 0 Å². The maximum Gasteiger partial charge on any atom is 0.0705 e. The highest BCUT2D eigenvalue weighted by Crippen LogP contribution is 1.90. The second-order valence-electron chi connectivity index (χ2n) is 2.59. The lowest BCUT2D eigenvalue weighted by Crippen LogP contribution is -2.20. The molecule has 0 aromatic rings. The summed E-state index contributed by atoms with van der Waals surface area (Å²) in [6, 6.07) is 0. The van der Waals surface area contributed by atoms with Crippen LogP contribution in [0.5, 0.6) is 0 Å². The summed E-state index contributed by atoms with van der Waals surface area (Å²) >= 11 is 1.82.